The molecule has 0 aromatic carbocycles. The summed E-state index contributed by atoms with van der Waals surface area (Å²) < 4.78 is 2.71. The third-order valence-electron chi connectivity index (χ3n) is 1.64. The highest BCUT2D eigenvalue weighted by molar-refractivity contribution is 9.10. The molecule has 1 rings (SSSR count). The van der Waals surface area contributed by atoms with Gasteiger partial charge in [0.05, 0.1) is 10.6 Å². The van der Waals surface area contributed by atoms with Crippen LogP contribution in [0.3, 0.4) is 0 Å². The fourth-order valence-electron chi connectivity index (χ4n) is 0.935. The molecular formula is C8H11BrN2O. The number of carbonyl (C=O) groups excluding carboxylic acids is 1. The Hall–Kier alpha value is -0.610. The van der Waals surface area contributed by atoms with Gasteiger partial charge in [0.15, 0.2) is 5.78 Å². The maximum absolute atomic E-state index is 11.4. The number of nitrogens with two attached hydrogens (primary N) is 1. The quantitative estimate of drug-likeness (QED) is 0.780. The first-order valence-corrected chi connectivity index (χ1v) is 4.43. The number of ketones is 1. The van der Waals surface area contributed by atoms with Crippen molar-refractivity contribution in [1.82, 2.24) is 4.57 Å². The zero-order valence-corrected chi connectivity index (χ0v) is 8.63. The Labute approximate surface area is 79.7 Å². The third kappa shape index (κ3) is 1.76. The number of nitrogens with zero attached hydrogens (tertiary/aromatic N) is 1. The van der Waals surface area contributed by atoms with E-state index in [0.29, 0.717) is 5.56 Å². The Morgan fingerprint density at radius 2 is 2.33 bits per heavy atom. The van der Waals surface area contributed by atoms with E-state index in [9.17, 15) is 4.79 Å². The summed E-state index contributed by atoms with van der Waals surface area (Å²) in [5, 5.41) is 0. The molecule has 0 radical (unpaired) electrons. The number of Topliss-reactive ketones (excluding diaryl/α,β-unsaturated/α-hetero) is 1. The Bertz CT molecular complexity index is 285. The minimum absolute atomic E-state index is 0.0312. The Kier molecular flexibility index (Phi) is 2.69. The Morgan fingerprint density at radius 3 is 2.67 bits per heavy atom. The van der Waals surface area contributed by atoms with E-state index >= 15 is 0 Å². The first-order valence-electron chi connectivity index (χ1n) is 3.64. The van der Waals surface area contributed by atoms with Crippen LogP contribution in [0.1, 0.15) is 17.3 Å². The van der Waals surface area contributed by atoms with E-state index in [2.05, 4.69) is 15.9 Å². The van der Waals surface area contributed by atoms with Crippen molar-refractivity contribution in [2.75, 3.05) is 0 Å². The largest absolute Gasteiger partial charge is 0.345 e. The molecule has 0 spiro atoms. The minimum Gasteiger partial charge on any atom is -0.345 e. The van der Waals surface area contributed by atoms with Crippen molar-refractivity contribution < 1.29 is 4.79 Å². The molecule has 66 valence electrons. The number of rotatable bonds is 2. The van der Waals surface area contributed by atoms with E-state index in [0.717, 1.165) is 4.60 Å². The topological polar surface area (TPSA) is 48.0 Å². The maximum Gasteiger partial charge on any atom is 0.180 e. The lowest BCUT2D eigenvalue weighted by Gasteiger charge is -1.99. The van der Waals surface area contributed by atoms with Crippen LogP contribution in [0, 0.1) is 0 Å². The summed E-state index contributed by atoms with van der Waals surface area (Å²) in [6.07, 6.45) is 1.76. The highest BCUT2D eigenvalue weighted by Gasteiger charge is 2.12. The molecule has 0 bridgehead atoms. The van der Waals surface area contributed by atoms with Crippen molar-refractivity contribution in [3.63, 3.8) is 0 Å². The van der Waals surface area contributed by atoms with Gasteiger partial charge in [0.1, 0.15) is 0 Å². The van der Waals surface area contributed by atoms with Crippen molar-refractivity contribution in [3.05, 3.63) is 22.4 Å². The minimum atomic E-state index is -0.431. The van der Waals surface area contributed by atoms with Crippen molar-refractivity contribution >= 4 is 21.7 Å². The van der Waals surface area contributed by atoms with Gasteiger partial charge in [-0.3, -0.25) is 4.79 Å². The van der Waals surface area contributed by atoms with Gasteiger partial charge in [-0.15, -0.1) is 0 Å². The van der Waals surface area contributed by atoms with Gasteiger partial charge < -0.3 is 10.3 Å². The zero-order chi connectivity index (χ0) is 9.30. The van der Waals surface area contributed by atoms with Gasteiger partial charge in [0.25, 0.3) is 0 Å². The van der Waals surface area contributed by atoms with Crippen LogP contribution in [0.4, 0.5) is 0 Å². The molecule has 0 aliphatic heterocycles. The molecule has 0 saturated carbocycles. The highest BCUT2D eigenvalue weighted by atomic mass is 79.9. The molecule has 3 nitrogen and oxygen atoms in total. The number of hydrogen-bond donors (Lipinski definition) is 1. The number of aromatic nitrogens is 1. The van der Waals surface area contributed by atoms with Crippen molar-refractivity contribution in [1.29, 1.82) is 0 Å². The van der Waals surface area contributed by atoms with Crippen LogP contribution in [0.2, 0.25) is 0 Å². The highest BCUT2D eigenvalue weighted by Crippen LogP contribution is 2.14. The molecule has 2 N–H and O–H groups in total. The van der Waals surface area contributed by atoms with Crippen LogP contribution < -0.4 is 5.73 Å². The van der Waals surface area contributed by atoms with E-state index in [1.54, 1.807) is 19.2 Å². The van der Waals surface area contributed by atoms with Crippen molar-refractivity contribution in [3.8, 4) is 0 Å². The van der Waals surface area contributed by atoms with E-state index < -0.39 is 6.04 Å². The second kappa shape index (κ2) is 3.41. The van der Waals surface area contributed by atoms with E-state index in [1.165, 1.54) is 0 Å². The number of aryl methyl sites for hydroxylation is 1. The number of hydrogen-bond acceptors (Lipinski definition) is 2. The van der Waals surface area contributed by atoms with Gasteiger partial charge in [0.2, 0.25) is 0 Å². The van der Waals surface area contributed by atoms with Gasteiger partial charge >= 0.3 is 0 Å². The molecule has 0 saturated heterocycles. The molecule has 0 aliphatic carbocycles. The Morgan fingerprint density at radius 1 is 1.75 bits per heavy atom. The van der Waals surface area contributed by atoms with Gasteiger partial charge in [-0.25, -0.2) is 0 Å². The van der Waals surface area contributed by atoms with Gasteiger partial charge in [-0.2, -0.15) is 0 Å². The molecule has 4 heteroatoms. The first kappa shape index (κ1) is 9.48. The average molecular weight is 231 g/mol. The third-order valence-corrected chi connectivity index (χ3v) is 2.43. The van der Waals surface area contributed by atoms with Crippen LogP contribution in [0.25, 0.3) is 0 Å². The second-order valence-electron chi connectivity index (χ2n) is 2.82. The van der Waals surface area contributed by atoms with Gasteiger partial charge in [-0.1, -0.05) is 0 Å². The second-order valence-corrected chi connectivity index (χ2v) is 3.63. The molecule has 0 fully saturated rings. The molecule has 0 aliphatic rings. The van der Waals surface area contributed by atoms with Gasteiger partial charge in [0, 0.05) is 18.8 Å². The van der Waals surface area contributed by atoms with E-state index in [-0.39, 0.29) is 5.78 Å². The smallest absolute Gasteiger partial charge is 0.180 e. The predicted octanol–water partition coefficient (Wildman–Crippen LogP) is 1.32. The molecule has 12 heavy (non-hydrogen) atoms. The van der Waals surface area contributed by atoms with Crippen molar-refractivity contribution in [2.24, 2.45) is 12.8 Å². The standard InChI is InChI=1S/C8H11BrN2O/c1-5(10)8(12)6-3-7(9)11(2)4-6/h3-5H,10H2,1-2H3. The summed E-state index contributed by atoms with van der Waals surface area (Å²) in [5.41, 5.74) is 6.11. The Balaban J connectivity index is 2.97. The van der Waals surface area contributed by atoms with E-state index in [4.69, 9.17) is 5.73 Å². The molecular weight excluding hydrogens is 220 g/mol. The monoisotopic (exact) mass is 230 g/mol. The van der Waals surface area contributed by atoms with Crippen LogP contribution in [0.15, 0.2) is 16.9 Å². The fraction of sp³-hybridized carbons (Fsp3) is 0.375. The van der Waals surface area contributed by atoms with Crippen LogP contribution in [0.5, 0.6) is 0 Å². The summed E-state index contributed by atoms with van der Waals surface area (Å²) in [6.45, 7) is 1.68. The SMILES string of the molecule is CC(N)C(=O)c1cc(Br)n(C)c1. The fourth-order valence-corrected chi connectivity index (χ4v) is 1.28. The summed E-state index contributed by atoms with van der Waals surface area (Å²) in [5.74, 6) is -0.0312. The van der Waals surface area contributed by atoms with Crippen LogP contribution in [-0.2, 0) is 7.05 Å². The molecule has 1 unspecified atom stereocenters. The maximum atomic E-state index is 11.4. The lowest BCUT2D eigenvalue weighted by molar-refractivity contribution is 0.0968. The van der Waals surface area contributed by atoms with Crippen molar-refractivity contribution in [2.45, 2.75) is 13.0 Å². The normalized spacial score (nSPS) is 13.0. The molecule has 1 aromatic heterocycles. The average Bonchev–Trinajstić information content (AvgIpc) is 2.30. The predicted molar refractivity (Wildman–Crippen MR) is 51.1 cm³/mol. The number of carbonyl (C=O) groups is 1. The zero-order valence-electron chi connectivity index (χ0n) is 7.04. The van der Waals surface area contributed by atoms with Crippen LogP contribution in [-0.4, -0.2) is 16.4 Å². The lowest BCUT2D eigenvalue weighted by Crippen LogP contribution is -2.26. The number of halogens is 1. The van der Waals surface area contributed by atoms with Crippen LogP contribution >= 0.6 is 15.9 Å². The summed E-state index contributed by atoms with van der Waals surface area (Å²) in [7, 11) is 1.86. The summed E-state index contributed by atoms with van der Waals surface area (Å²) in [4.78, 5) is 11.4. The van der Waals surface area contributed by atoms with E-state index in [1.807, 2.05) is 11.6 Å². The summed E-state index contributed by atoms with van der Waals surface area (Å²) in [6, 6.07) is 1.34. The molecule has 0 amide bonds. The molecule has 1 atom stereocenters. The lowest BCUT2D eigenvalue weighted by atomic mass is 10.1. The summed E-state index contributed by atoms with van der Waals surface area (Å²) >= 11 is 3.30. The molecule has 1 aromatic rings. The van der Waals surface area contributed by atoms with Gasteiger partial charge in [-0.05, 0) is 28.9 Å². The molecule has 1 heterocycles. The first-order chi connectivity index (χ1) is 5.52.